The maximum absolute atomic E-state index is 11.6. The van der Waals surface area contributed by atoms with Gasteiger partial charge in [0.2, 0.25) is 10.0 Å². The minimum atomic E-state index is -3.74. The summed E-state index contributed by atoms with van der Waals surface area (Å²) in [6.07, 6.45) is 0. The molecule has 0 atom stereocenters. The molecule has 0 saturated heterocycles. The summed E-state index contributed by atoms with van der Waals surface area (Å²) < 4.78 is 23.2. The van der Waals surface area contributed by atoms with E-state index in [-0.39, 0.29) is 10.8 Å². The van der Waals surface area contributed by atoms with Gasteiger partial charge in [0.1, 0.15) is 0 Å². The third-order valence-electron chi connectivity index (χ3n) is 4.87. The fourth-order valence-corrected chi connectivity index (χ4v) is 3.91. The summed E-state index contributed by atoms with van der Waals surface area (Å²) in [6.45, 7) is 3.71. The van der Waals surface area contributed by atoms with Crippen molar-refractivity contribution < 1.29 is 8.42 Å². The molecule has 0 bridgehead atoms. The average molecular weight is 437 g/mol. The number of hydrogen-bond donors (Lipinski definition) is 3. The van der Waals surface area contributed by atoms with Crippen LogP contribution in [0.1, 0.15) is 29.5 Å². The summed E-state index contributed by atoms with van der Waals surface area (Å²) in [5.41, 5.74) is 3.21. The normalized spacial score (nSPS) is 12.0. The van der Waals surface area contributed by atoms with Gasteiger partial charge in [-0.15, -0.1) is 0 Å². The van der Waals surface area contributed by atoms with E-state index in [9.17, 15) is 8.42 Å². The maximum Gasteiger partial charge on any atom is 0.238 e. The van der Waals surface area contributed by atoms with Crippen LogP contribution in [0, 0.1) is 0 Å². The zero-order chi connectivity index (χ0) is 22.1. The van der Waals surface area contributed by atoms with E-state index < -0.39 is 10.0 Å². The van der Waals surface area contributed by atoms with E-state index in [2.05, 4.69) is 39.9 Å². The third-order valence-corrected chi connectivity index (χ3v) is 5.78. The minimum absolute atomic E-state index is 0.0892. The second-order valence-corrected chi connectivity index (χ2v) is 8.70. The molecule has 0 radical (unpaired) electrons. The zero-order valence-electron chi connectivity index (χ0n) is 17.5. The highest BCUT2D eigenvalue weighted by Crippen LogP contribution is 2.23. The number of guanidine groups is 1. The SMILES string of the molecule is CCNC(=NCc1cccc(S(N)(=O)=O)c1)NCC(c1ccccc1)c1ccccc1. The van der Waals surface area contributed by atoms with E-state index in [0.717, 1.165) is 5.56 Å². The summed E-state index contributed by atoms with van der Waals surface area (Å²) in [4.78, 5) is 4.71. The molecule has 3 rings (SSSR count). The quantitative estimate of drug-likeness (QED) is 0.373. The monoisotopic (exact) mass is 436 g/mol. The van der Waals surface area contributed by atoms with Crippen molar-refractivity contribution in [1.82, 2.24) is 10.6 Å². The van der Waals surface area contributed by atoms with Crippen molar-refractivity contribution in [3.63, 3.8) is 0 Å². The Morgan fingerprint density at radius 2 is 1.52 bits per heavy atom. The Bertz CT molecular complexity index is 1060. The lowest BCUT2D eigenvalue weighted by Crippen LogP contribution is -2.39. The van der Waals surface area contributed by atoms with Gasteiger partial charge in [0, 0.05) is 19.0 Å². The molecule has 0 aliphatic carbocycles. The lowest BCUT2D eigenvalue weighted by atomic mass is 9.91. The van der Waals surface area contributed by atoms with Crippen molar-refractivity contribution in [3.05, 3.63) is 102 Å². The molecule has 0 aliphatic heterocycles. The zero-order valence-corrected chi connectivity index (χ0v) is 18.3. The summed E-state index contributed by atoms with van der Waals surface area (Å²) in [5.74, 6) is 0.831. The van der Waals surface area contributed by atoms with Gasteiger partial charge < -0.3 is 10.6 Å². The van der Waals surface area contributed by atoms with E-state index in [1.54, 1.807) is 12.1 Å². The van der Waals surface area contributed by atoms with Gasteiger partial charge in [-0.2, -0.15) is 0 Å². The highest BCUT2D eigenvalue weighted by atomic mass is 32.2. The number of nitrogens with two attached hydrogens (primary N) is 1. The summed E-state index contributed by atoms with van der Waals surface area (Å²) >= 11 is 0. The van der Waals surface area contributed by atoms with Crippen LogP contribution in [0.3, 0.4) is 0 Å². The van der Waals surface area contributed by atoms with Crippen molar-refractivity contribution in [3.8, 4) is 0 Å². The molecular weight excluding hydrogens is 408 g/mol. The predicted octanol–water partition coefficient (Wildman–Crippen LogP) is 3.22. The molecule has 0 fully saturated rings. The molecule has 0 spiro atoms. The van der Waals surface area contributed by atoms with Crippen LogP contribution in [0.2, 0.25) is 0 Å². The largest absolute Gasteiger partial charge is 0.357 e. The molecule has 0 aliphatic rings. The van der Waals surface area contributed by atoms with E-state index in [4.69, 9.17) is 5.14 Å². The summed E-state index contributed by atoms with van der Waals surface area (Å²) in [7, 11) is -3.74. The number of nitrogens with zero attached hydrogens (tertiary/aromatic N) is 1. The Labute approximate surface area is 184 Å². The molecular formula is C24H28N4O2S. The number of primary sulfonamides is 1. The van der Waals surface area contributed by atoms with Crippen molar-refractivity contribution in [2.24, 2.45) is 10.1 Å². The maximum atomic E-state index is 11.6. The van der Waals surface area contributed by atoms with Gasteiger partial charge in [-0.05, 0) is 35.7 Å². The Morgan fingerprint density at radius 1 is 0.903 bits per heavy atom. The van der Waals surface area contributed by atoms with Gasteiger partial charge in [0.05, 0.1) is 11.4 Å². The number of aliphatic imine (C=N–C) groups is 1. The van der Waals surface area contributed by atoms with Crippen LogP contribution in [-0.2, 0) is 16.6 Å². The van der Waals surface area contributed by atoms with Crippen LogP contribution in [0.25, 0.3) is 0 Å². The topological polar surface area (TPSA) is 96.6 Å². The number of nitrogens with one attached hydrogen (secondary N) is 2. The van der Waals surface area contributed by atoms with Gasteiger partial charge in [-0.25, -0.2) is 18.5 Å². The van der Waals surface area contributed by atoms with Gasteiger partial charge in [0.15, 0.2) is 5.96 Å². The predicted molar refractivity (Wildman–Crippen MR) is 125 cm³/mol. The Balaban J connectivity index is 1.77. The standard InChI is InChI=1S/C24H28N4O2S/c1-2-26-24(27-17-19-10-9-15-22(16-19)31(25,29)30)28-18-23(20-11-5-3-6-12-20)21-13-7-4-8-14-21/h3-16,23H,2,17-18H2,1H3,(H2,25,29,30)(H2,26,27,28). The first kappa shape index (κ1) is 22.5. The molecule has 0 heterocycles. The van der Waals surface area contributed by atoms with Crippen molar-refractivity contribution in [2.45, 2.75) is 24.3 Å². The van der Waals surface area contributed by atoms with Gasteiger partial charge in [-0.1, -0.05) is 72.8 Å². The molecule has 4 N–H and O–H groups in total. The molecule has 0 saturated carbocycles. The average Bonchev–Trinajstić information content (AvgIpc) is 2.78. The number of rotatable bonds is 8. The van der Waals surface area contributed by atoms with Crippen LogP contribution < -0.4 is 15.8 Å². The fourth-order valence-electron chi connectivity index (χ4n) is 3.33. The Kier molecular flexibility index (Phi) is 7.81. The van der Waals surface area contributed by atoms with Gasteiger partial charge in [-0.3, -0.25) is 0 Å². The lowest BCUT2D eigenvalue weighted by Gasteiger charge is -2.20. The second-order valence-electron chi connectivity index (χ2n) is 7.14. The van der Waals surface area contributed by atoms with Crippen molar-refractivity contribution in [1.29, 1.82) is 0 Å². The molecule has 0 aromatic heterocycles. The van der Waals surface area contributed by atoms with Gasteiger partial charge in [0.25, 0.3) is 0 Å². The molecule has 162 valence electrons. The second kappa shape index (κ2) is 10.7. The van der Waals surface area contributed by atoms with Crippen molar-refractivity contribution >= 4 is 16.0 Å². The molecule has 3 aromatic carbocycles. The van der Waals surface area contributed by atoms with E-state index in [1.165, 1.54) is 17.2 Å². The highest BCUT2D eigenvalue weighted by molar-refractivity contribution is 7.89. The van der Waals surface area contributed by atoms with Crippen LogP contribution in [-0.4, -0.2) is 27.5 Å². The third kappa shape index (κ3) is 6.67. The summed E-state index contributed by atoms with van der Waals surface area (Å²) in [5, 5.41) is 11.9. The van der Waals surface area contributed by atoms with Crippen molar-refractivity contribution in [2.75, 3.05) is 13.1 Å². The first-order valence-corrected chi connectivity index (χ1v) is 11.8. The smallest absolute Gasteiger partial charge is 0.238 e. The van der Waals surface area contributed by atoms with Crippen LogP contribution in [0.4, 0.5) is 0 Å². The van der Waals surface area contributed by atoms with E-state index in [0.29, 0.717) is 25.6 Å². The van der Waals surface area contributed by atoms with Gasteiger partial charge >= 0.3 is 0 Å². The number of sulfonamides is 1. The molecule has 0 unspecified atom stereocenters. The van der Waals surface area contributed by atoms with E-state index in [1.807, 2.05) is 49.4 Å². The number of hydrogen-bond acceptors (Lipinski definition) is 3. The highest BCUT2D eigenvalue weighted by Gasteiger charge is 2.14. The van der Waals surface area contributed by atoms with Crippen LogP contribution in [0.5, 0.6) is 0 Å². The Hall–Kier alpha value is -3.16. The lowest BCUT2D eigenvalue weighted by molar-refractivity contribution is 0.597. The molecule has 31 heavy (non-hydrogen) atoms. The Morgan fingerprint density at radius 3 is 2.06 bits per heavy atom. The molecule has 6 nitrogen and oxygen atoms in total. The number of benzene rings is 3. The summed E-state index contributed by atoms with van der Waals surface area (Å²) in [6, 6.07) is 27.3. The van der Waals surface area contributed by atoms with Crippen LogP contribution >= 0.6 is 0 Å². The first-order valence-electron chi connectivity index (χ1n) is 10.2. The molecule has 3 aromatic rings. The first-order chi connectivity index (χ1) is 15.0. The molecule has 0 amide bonds. The minimum Gasteiger partial charge on any atom is -0.357 e. The van der Waals surface area contributed by atoms with E-state index >= 15 is 0 Å². The fraction of sp³-hybridized carbons (Fsp3) is 0.208. The molecule has 7 heteroatoms. The van der Waals surface area contributed by atoms with Crippen LogP contribution in [0.15, 0.2) is 94.8 Å².